The molecule has 1 aromatic carbocycles. The van der Waals surface area contributed by atoms with Gasteiger partial charge in [-0.3, -0.25) is 9.59 Å². The highest BCUT2D eigenvalue weighted by molar-refractivity contribution is 6.30. The zero-order chi connectivity index (χ0) is 22.6. The van der Waals surface area contributed by atoms with E-state index in [0.717, 1.165) is 12.3 Å². The quantitative estimate of drug-likeness (QED) is 0.766. The van der Waals surface area contributed by atoms with Crippen LogP contribution < -0.4 is 10.2 Å². The van der Waals surface area contributed by atoms with Crippen LogP contribution in [-0.2, 0) is 11.0 Å². The molecule has 166 valence electrons. The number of rotatable bonds is 4. The molecule has 2 amide bonds. The molecule has 3 rings (SSSR count). The van der Waals surface area contributed by atoms with Gasteiger partial charge in [-0.1, -0.05) is 11.6 Å². The van der Waals surface area contributed by atoms with Gasteiger partial charge in [0.25, 0.3) is 5.91 Å². The fraction of sp³-hybridized carbons (Fsp3) is 0.381. The second-order valence-corrected chi connectivity index (χ2v) is 7.71. The molecule has 10 heteroatoms. The van der Waals surface area contributed by atoms with Gasteiger partial charge in [-0.15, -0.1) is 0 Å². The Morgan fingerprint density at radius 1 is 1.06 bits per heavy atom. The molecule has 1 aliphatic heterocycles. The van der Waals surface area contributed by atoms with Gasteiger partial charge in [-0.2, -0.15) is 13.2 Å². The van der Waals surface area contributed by atoms with Crippen LogP contribution in [0.4, 0.5) is 19.0 Å². The summed E-state index contributed by atoms with van der Waals surface area (Å²) in [6.07, 6.45) is -2.98. The summed E-state index contributed by atoms with van der Waals surface area (Å²) < 4.78 is 38.2. The second kappa shape index (κ2) is 9.55. The molecule has 1 unspecified atom stereocenters. The normalized spacial score (nSPS) is 15.9. The lowest BCUT2D eigenvalue weighted by molar-refractivity contribution is -0.137. The van der Waals surface area contributed by atoms with E-state index in [-0.39, 0.29) is 11.8 Å². The maximum absolute atomic E-state index is 12.8. The van der Waals surface area contributed by atoms with Gasteiger partial charge in [0.1, 0.15) is 11.9 Å². The van der Waals surface area contributed by atoms with Crippen molar-refractivity contribution in [2.24, 2.45) is 0 Å². The average molecular weight is 455 g/mol. The molecule has 1 N–H and O–H groups in total. The Bertz CT molecular complexity index is 920. The second-order valence-electron chi connectivity index (χ2n) is 7.27. The summed E-state index contributed by atoms with van der Waals surface area (Å²) in [6.45, 7) is 3.48. The molecule has 6 nitrogen and oxygen atoms in total. The third kappa shape index (κ3) is 5.88. The highest BCUT2D eigenvalue weighted by Gasteiger charge is 2.31. The van der Waals surface area contributed by atoms with Gasteiger partial charge in [-0.25, -0.2) is 4.98 Å². The summed E-state index contributed by atoms with van der Waals surface area (Å²) in [7, 11) is 0. The molecule has 0 bridgehead atoms. The number of carbonyl (C=O) groups is 2. The number of hydrogen-bond acceptors (Lipinski definition) is 4. The smallest absolute Gasteiger partial charge is 0.355 e. The number of halogens is 4. The molecule has 31 heavy (non-hydrogen) atoms. The first kappa shape index (κ1) is 22.9. The van der Waals surface area contributed by atoms with Crippen molar-refractivity contribution in [1.29, 1.82) is 0 Å². The van der Waals surface area contributed by atoms with Gasteiger partial charge < -0.3 is 15.1 Å². The SMILES string of the molecule is CC(NC(=O)c1ccc(Cl)cc1)C(=O)N1CCCN(c2ccc(C(F)(F)F)cn2)CC1. The summed E-state index contributed by atoms with van der Waals surface area (Å²) in [5.41, 5.74) is -0.396. The van der Waals surface area contributed by atoms with Crippen LogP contribution in [0, 0.1) is 0 Å². The first-order valence-electron chi connectivity index (χ1n) is 9.78. The lowest BCUT2D eigenvalue weighted by Crippen LogP contribution is -2.48. The predicted molar refractivity (Wildman–Crippen MR) is 111 cm³/mol. The van der Waals surface area contributed by atoms with Crippen molar-refractivity contribution < 1.29 is 22.8 Å². The van der Waals surface area contributed by atoms with Gasteiger partial charge in [-0.05, 0) is 49.7 Å². The van der Waals surface area contributed by atoms with Gasteiger partial charge in [0.05, 0.1) is 5.56 Å². The van der Waals surface area contributed by atoms with Crippen molar-refractivity contribution in [2.45, 2.75) is 25.6 Å². The summed E-state index contributed by atoms with van der Waals surface area (Å²) >= 11 is 5.82. The summed E-state index contributed by atoms with van der Waals surface area (Å²) in [6, 6.07) is 7.98. The third-order valence-corrected chi connectivity index (χ3v) is 5.28. The molecule has 1 aromatic heterocycles. The van der Waals surface area contributed by atoms with Crippen LogP contribution in [0.2, 0.25) is 5.02 Å². The number of alkyl halides is 3. The van der Waals surface area contributed by atoms with Crippen LogP contribution in [0.3, 0.4) is 0 Å². The van der Waals surface area contributed by atoms with E-state index < -0.39 is 17.8 Å². The summed E-state index contributed by atoms with van der Waals surface area (Å²) in [5, 5.41) is 3.20. The molecule has 1 atom stereocenters. The number of carbonyl (C=O) groups excluding carboxylic acids is 2. The number of aromatic nitrogens is 1. The number of benzene rings is 1. The van der Waals surface area contributed by atoms with E-state index in [1.165, 1.54) is 6.07 Å². The van der Waals surface area contributed by atoms with E-state index in [2.05, 4.69) is 10.3 Å². The van der Waals surface area contributed by atoms with Crippen LogP contribution in [-0.4, -0.2) is 53.9 Å². The zero-order valence-corrected chi connectivity index (χ0v) is 17.6. The molecule has 0 spiro atoms. The number of nitrogens with zero attached hydrogens (tertiary/aromatic N) is 3. The van der Waals surface area contributed by atoms with E-state index in [0.29, 0.717) is 49.0 Å². The standard InChI is InChI=1S/C21H22ClF3N4O2/c1-14(27-19(30)15-3-6-17(22)7-4-15)20(31)29-10-2-9-28(11-12-29)18-8-5-16(13-26-18)21(23,24)25/h3-8,13-14H,2,9-12H2,1H3,(H,27,30). The Kier molecular flexibility index (Phi) is 7.04. The van der Waals surface area contributed by atoms with Gasteiger partial charge >= 0.3 is 6.18 Å². The Balaban J connectivity index is 1.57. The van der Waals surface area contributed by atoms with Gasteiger partial charge in [0.2, 0.25) is 5.91 Å². The van der Waals surface area contributed by atoms with Crippen molar-refractivity contribution in [3.8, 4) is 0 Å². The largest absolute Gasteiger partial charge is 0.417 e. The lowest BCUT2D eigenvalue weighted by atomic mass is 10.2. The number of hydrogen-bond donors (Lipinski definition) is 1. The molecular formula is C21H22ClF3N4O2. The summed E-state index contributed by atoms with van der Waals surface area (Å²) in [5.74, 6) is -0.154. The minimum absolute atomic E-state index is 0.218. The Morgan fingerprint density at radius 2 is 1.77 bits per heavy atom. The van der Waals surface area contributed by atoms with Crippen LogP contribution in [0.1, 0.15) is 29.3 Å². The first-order chi connectivity index (χ1) is 14.6. The number of anilines is 1. The van der Waals surface area contributed by atoms with Crippen molar-refractivity contribution in [1.82, 2.24) is 15.2 Å². The fourth-order valence-electron chi connectivity index (χ4n) is 3.32. The molecule has 1 fully saturated rings. The van der Waals surface area contributed by atoms with Crippen molar-refractivity contribution >= 4 is 29.2 Å². The van der Waals surface area contributed by atoms with Gasteiger partial charge in [0, 0.05) is 43.0 Å². The van der Waals surface area contributed by atoms with Crippen molar-refractivity contribution in [3.05, 3.63) is 58.7 Å². The van der Waals surface area contributed by atoms with E-state index >= 15 is 0 Å². The van der Waals surface area contributed by atoms with E-state index in [4.69, 9.17) is 11.6 Å². The molecule has 0 saturated carbocycles. The minimum Gasteiger partial charge on any atom is -0.355 e. The molecular weight excluding hydrogens is 433 g/mol. The van der Waals surface area contributed by atoms with E-state index in [1.54, 1.807) is 36.1 Å². The number of pyridine rings is 1. The highest BCUT2D eigenvalue weighted by atomic mass is 35.5. The maximum Gasteiger partial charge on any atom is 0.417 e. The van der Waals surface area contributed by atoms with Gasteiger partial charge in [0.15, 0.2) is 0 Å². The first-order valence-corrected chi connectivity index (χ1v) is 10.2. The van der Waals surface area contributed by atoms with Crippen LogP contribution >= 0.6 is 11.6 Å². The number of amides is 2. The van der Waals surface area contributed by atoms with Crippen molar-refractivity contribution in [2.75, 3.05) is 31.1 Å². The molecule has 1 saturated heterocycles. The fourth-order valence-corrected chi connectivity index (χ4v) is 3.45. The van der Waals surface area contributed by atoms with Crippen molar-refractivity contribution in [3.63, 3.8) is 0 Å². The maximum atomic E-state index is 12.8. The monoisotopic (exact) mass is 454 g/mol. The average Bonchev–Trinajstić information content (AvgIpc) is 2.99. The predicted octanol–water partition coefficient (Wildman–Crippen LogP) is 3.61. The molecule has 0 radical (unpaired) electrons. The Morgan fingerprint density at radius 3 is 2.39 bits per heavy atom. The molecule has 0 aliphatic carbocycles. The molecule has 1 aliphatic rings. The molecule has 2 heterocycles. The Hall–Kier alpha value is -2.81. The topological polar surface area (TPSA) is 65.5 Å². The highest BCUT2D eigenvalue weighted by Crippen LogP contribution is 2.29. The van der Waals surface area contributed by atoms with Crippen LogP contribution in [0.5, 0.6) is 0 Å². The zero-order valence-electron chi connectivity index (χ0n) is 16.8. The lowest BCUT2D eigenvalue weighted by Gasteiger charge is -2.25. The van der Waals surface area contributed by atoms with E-state index in [1.807, 2.05) is 4.90 Å². The minimum atomic E-state index is -4.43. The summed E-state index contributed by atoms with van der Waals surface area (Å²) in [4.78, 5) is 32.6. The Labute approximate surface area is 183 Å². The van der Waals surface area contributed by atoms with Crippen LogP contribution in [0.25, 0.3) is 0 Å². The van der Waals surface area contributed by atoms with Crippen LogP contribution in [0.15, 0.2) is 42.6 Å². The molecule has 2 aromatic rings. The third-order valence-electron chi connectivity index (χ3n) is 5.03. The number of nitrogens with one attached hydrogen (secondary N) is 1. The van der Waals surface area contributed by atoms with E-state index in [9.17, 15) is 22.8 Å².